The Kier molecular flexibility index (Phi) is 6.23. The number of methoxy groups -OCH3 is 1. The first-order valence-corrected chi connectivity index (χ1v) is 8.18. The van der Waals surface area contributed by atoms with Crippen molar-refractivity contribution in [2.45, 2.75) is 26.4 Å². The maximum atomic E-state index is 5.03. The van der Waals surface area contributed by atoms with Crippen molar-refractivity contribution < 1.29 is 4.74 Å². The van der Waals surface area contributed by atoms with Crippen LogP contribution in [0.15, 0.2) is 35.7 Å². The van der Waals surface area contributed by atoms with Crippen molar-refractivity contribution in [2.75, 3.05) is 25.6 Å². The molecule has 1 atom stereocenters. The highest BCUT2D eigenvalue weighted by molar-refractivity contribution is 7.10. The standard InChI is InChI=1S/C17H24N2OS/c1-13-8-11-21-17(13)14(2)19-12-15-4-6-16(7-5-15)18-9-10-20-3/h4-8,11,14,18-19H,9-10,12H2,1-3H3/t14-/m1/s1. The number of thiophene rings is 1. The van der Waals surface area contributed by atoms with E-state index in [4.69, 9.17) is 4.74 Å². The molecule has 0 saturated heterocycles. The van der Waals surface area contributed by atoms with Gasteiger partial charge in [0.2, 0.25) is 0 Å². The Hall–Kier alpha value is -1.36. The molecule has 2 N–H and O–H groups in total. The van der Waals surface area contributed by atoms with Crippen LogP contribution in [0, 0.1) is 6.92 Å². The molecular weight excluding hydrogens is 280 g/mol. The van der Waals surface area contributed by atoms with Crippen molar-refractivity contribution in [2.24, 2.45) is 0 Å². The maximum absolute atomic E-state index is 5.03. The van der Waals surface area contributed by atoms with E-state index >= 15 is 0 Å². The minimum Gasteiger partial charge on any atom is -0.383 e. The van der Waals surface area contributed by atoms with E-state index in [0.717, 1.165) is 25.4 Å². The number of hydrogen-bond acceptors (Lipinski definition) is 4. The van der Waals surface area contributed by atoms with Crippen molar-refractivity contribution in [1.82, 2.24) is 5.32 Å². The summed E-state index contributed by atoms with van der Waals surface area (Å²) in [5, 5.41) is 9.06. The summed E-state index contributed by atoms with van der Waals surface area (Å²) in [5.74, 6) is 0. The third kappa shape index (κ3) is 4.84. The monoisotopic (exact) mass is 304 g/mol. The SMILES string of the molecule is COCCNc1ccc(CN[C@H](C)c2sccc2C)cc1. The largest absolute Gasteiger partial charge is 0.383 e. The molecule has 114 valence electrons. The number of aryl methyl sites for hydroxylation is 1. The van der Waals surface area contributed by atoms with Crippen LogP contribution in [0.2, 0.25) is 0 Å². The summed E-state index contributed by atoms with van der Waals surface area (Å²) in [7, 11) is 1.72. The molecule has 1 heterocycles. The molecule has 0 aliphatic heterocycles. The Morgan fingerprint density at radius 1 is 1.19 bits per heavy atom. The van der Waals surface area contributed by atoms with Gasteiger partial charge in [-0.15, -0.1) is 11.3 Å². The summed E-state index contributed by atoms with van der Waals surface area (Å²) in [6.45, 7) is 6.84. The van der Waals surface area contributed by atoms with Crippen LogP contribution in [0.1, 0.15) is 29.0 Å². The third-order valence-corrected chi connectivity index (χ3v) is 4.70. The van der Waals surface area contributed by atoms with E-state index in [1.807, 2.05) is 11.3 Å². The Morgan fingerprint density at radius 3 is 2.57 bits per heavy atom. The second-order valence-electron chi connectivity index (χ2n) is 5.19. The Morgan fingerprint density at radius 2 is 1.95 bits per heavy atom. The van der Waals surface area contributed by atoms with Gasteiger partial charge in [0, 0.05) is 36.8 Å². The number of ether oxygens (including phenoxy) is 1. The summed E-state index contributed by atoms with van der Waals surface area (Å²) < 4.78 is 5.03. The van der Waals surface area contributed by atoms with Crippen LogP contribution < -0.4 is 10.6 Å². The fourth-order valence-electron chi connectivity index (χ4n) is 2.23. The molecule has 0 saturated carbocycles. The van der Waals surface area contributed by atoms with Gasteiger partial charge in [-0.2, -0.15) is 0 Å². The van der Waals surface area contributed by atoms with E-state index < -0.39 is 0 Å². The van der Waals surface area contributed by atoms with Gasteiger partial charge < -0.3 is 15.4 Å². The Labute approximate surface area is 131 Å². The summed E-state index contributed by atoms with van der Waals surface area (Å²) in [5.41, 5.74) is 3.81. The summed E-state index contributed by atoms with van der Waals surface area (Å²) in [4.78, 5) is 1.42. The predicted molar refractivity (Wildman–Crippen MR) is 91.1 cm³/mol. The lowest BCUT2D eigenvalue weighted by Crippen LogP contribution is -2.17. The molecule has 0 unspecified atom stereocenters. The normalized spacial score (nSPS) is 12.3. The van der Waals surface area contributed by atoms with Gasteiger partial charge in [-0.3, -0.25) is 0 Å². The molecule has 0 bridgehead atoms. The molecule has 0 aliphatic rings. The molecular formula is C17H24N2OS. The number of benzene rings is 1. The molecule has 4 heteroatoms. The van der Waals surface area contributed by atoms with Crippen LogP contribution in [0.25, 0.3) is 0 Å². The molecule has 1 aromatic heterocycles. The highest BCUT2D eigenvalue weighted by atomic mass is 32.1. The van der Waals surface area contributed by atoms with Crippen molar-refractivity contribution in [3.05, 3.63) is 51.7 Å². The van der Waals surface area contributed by atoms with E-state index in [1.165, 1.54) is 16.0 Å². The van der Waals surface area contributed by atoms with Crippen LogP contribution in [-0.4, -0.2) is 20.3 Å². The first kappa shape index (κ1) is 16.0. The number of hydrogen-bond donors (Lipinski definition) is 2. The minimum atomic E-state index is 0.393. The summed E-state index contributed by atoms with van der Waals surface area (Å²) in [6.07, 6.45) is 0. The number of nitrogens with one attached hydrogen (secondary N) is 2. The van der Waals surface area contributed by atoms with Crippen LogP contribution in [0.3, 0.4) is 0 Å². The fraction of sp³-hybridized carbons (Fsp3) is 0.412. The summed E-state index contributed by atoms with van der Waals surface area (Å²) in [6, 6.07) is 11.1. The zero-order chi connectivity index (χ0) is 15.1. The van der Waals surface area contributed by atoms with Gasteiger partial charge >= 0.3 is 0 Å². The zero-order valence-electron chi connectivity index (χ0n) is 13.0. The molecule has 0 aliphatic carbocycles. The van der Waals surface area contributed by atoms with Crippen molar-refractivity contribution >= 4 is 17.0 Å². The minimum absolute atomic E-state index is 0.393. The molecule has 2 rings (SSSR count). The molecule has 0 radical (unpaired) electrons. The lowest BCUT2D eigenvalue weighted by molar-refractivity contribution is 0.211. The van der Waals surface area contributed by atoms with Crippen LogP contribution in [-0.2, 0) is 11.3 Å². The smallest absolute Gasteiger partial charge is 0.0635 e. The zero-order valence-corrected chi connectivity index (χ0v) is 13.8. The topological polar surface area (TPSA) is 33.3 Å². The van der Waals surface area contributed by atoms with Crippen LogP contribution in [0.4, 0.5) is 5.69 Å². The molecule has 0 spiro atoms. The van der Waals surface area contributed by atoms with Crippen LogP contribution >= 0.6 is 11.3 Å². The number of anilines is 1. The lowest BCUT2D eigenvalue weighted by Gasteiger charge is -2.14. The Bertz CT molecular complexity index is 536. The second-order valence-corrected chi connectivity index (χ2v) is 6.13. The lowest BCUT2D eigenvalue weighted by atomic mass is 10.1. The van der Waals surface area contributed by atoms with Crippen molar-refractivity contribution in [3.63, 3.8) is 0 Å². The van der Waals surface area contributed by atoms with E-state index in [2.05, 4.69) is 60.2 Å². The quantitative estimate of drug-likeness (QED) is 0.724. The third-order valence-electron chi connectivity index (χ3n) is 3.50. The van der Waals surface area contributed by atoms with Gasteiger partial charge in [0.1, 0.15) is 0 Å². The van der Waals surface area contributed by atoms with E-state index in [9.17, 15) is 0 Å². The molecule has 21 heavy (non-hydrogen) atoms. The highest BCUT2D eigenvalue weighted by Crippen LogP contribution is 2.23. The second kappa shape index (κ2) is 8.17. The maximum Gasteiger partial charge on any atom is 0.0635 e. The molecule has 2 aromatic rings. The molecule has 1 aromatic carbocycles. The molecule has 3 nitrogen and oxygen atoms in total. The molecule has 0 amide bonds. The van der Waals surface area contributed by atoms with Gasteiger partial charge in [0.15, 0.2) is 0 Å². The van der Waals surface area contributed by atoms with Crippen LogP contribution in [0.5, 0.6) is 0 Å². The fourth-order valence-corrected chi connectivity index (χ4v) is 3.19. The summed E-state index contributed by atoms with van der Waals surface area (Å²) >= 11 is 1.82. The Balaban J connectivity index is 1.82. The average molecular weight is 304 g/mol. The molecule has 0 fully saturated rings. The van der Waals surface area contributed by atoms with E-state index in [0.29, 0.717) is 6.04 Å². The van der Waals surface area contributed by atoms with Crippen molar-refractivity contribution in [3.8, 4) is 0 Å². The van der Waals surface area contributed by atoms with E-state index in [1.54, 1.807) is 7.11 Å². The van der Waals surface area contributed by atoms with E-state index in [-0.39, 0.29) is 0 Å². The van der Waals surface area contributed by atoms with Crippen molar-refractivity contribution in [1.29, 1.82) is 0 Å². The highest BCUT2D eigenvalue weighted by Gasteiger charge is 2.08. The van der Waals surface area contributed by atoms with Gasteiger partial charge in [0.05, 0.1) is 6.61 Å². The van der Waals surface area contributed by atoms with Gasteiger partial charge in [-0.25, -0.2) is 0 Å². The van der Waals surface area contributed by atoms with Gasteiger partial charge in [-0.1, -0.05) is 12.1 Å². The predicted octanol–water partition coefficient (Wildman–Crippen LogP) is 3.97. The average Bonchev–Trinajstić information content (AvgIpc) is 2.92. The van der Waals surface area contributed by atoms with Gasteiger partial charge in [0.25, 0.3) is 0 Å². The van der Waals surface area contributed by atoms with Gasteiger partial charge in [-0.05, 0) is 48.6 Å². The first-order valence-electron chi connectivity index (χ1n) is 7.30. The number of rotatable bonds is 8. The first-order chi connectivity index (χ1) is 10.2.